The van der Waals surface area contributed by atoms with Crippen LogP contribution in [-0.2, 0) is 16.4 Å². The Morgan fingerprint density at radius 2 is 1.85 bits per heavy atom. The highest BCUT2D eigenvalue weighted by molar-refractivity contribution is 7.89. The average molecular weight is 373 g/mol. The minimum atomic E-state index is -3.67. The van der Waals surface area contributed by atoms with E-state index in [1.54, 1.807) is 18.2 Å². The molecule has 0 amide bonds. The van der Waals surface area contributed by atoms with Crippen LogP contribution in [0.15, 0.2) is 51.8 Å². The van der Waals surface area contributed by atoms with E-state index in [-0.39, 0.29) is 10.8 Å². The molecule has 3 rings (SSSR count). The second kappa shape index (κ2) is 7.14. The van der Waals surface area contributed by atoms with E-state index in [0.29, 0.717) is 30.2 Å². The molecule has 0 unspecified atom stereocenters. The smallest absolute Gasteiger partial charge is 0.238 e. The molecule has 0 saturated carbocycles. The number of nitrogen functional groups attached to an aromatic ring is 1. The van der Waals surface area contributed by atoms with Gasteiger partial charge in [0.25, 0.3) is 0 Å². The topological polar surface area (TPSA) is 137 Å². The summed E-state index contributed by atoms with van der Waals surface area (Å²) in [7, 11) is -3.67. The number of aromatic nitrogens is 2. The first-order chi connectivity index (χ1) is 12.3. The van der Waals surface area contributed by atoms with E-state index in [2.05, 4.69) is 15.3 Å². The number of hydrogen-bond donors (Lipinski definition) is 3. The van der Waals surface area contributed by atoms with Crippen molar-refractivity contribution in [1.82, 2.24) is 9.97 Å². The van der Waals surface area contributed by atoms with Gasteiger partial charge in [-0.1, -0.05) is 12.1 Å². The van der Waals surface area contributed by atoms with Gasteiger partial charge in [0.15, 0.2) is 5.76 Å². The Morgan fingerprint density at radius 3 is 2.46 bits per heavy atom. The number of furan rings is 1. The molecule has 0 aliphatic carbocycles. The lowest BCUT2D eigenvalue weighted by Crippen LogP contribution is -2.12. The van der Waals surface area contributed by atoms with Gasteiger partial charge in [0, 0.05) is 12.6 Å². The molecule has 2 aromatic heterocycles. The summed E-state index contributed by atoms with van der Waals surface area (Å²) in [5.41, 5.74) is 7.34. The van der Waals surface area contributed by atoms with Gasteiger partial charge in [0.1, 0.15) is 17.3 Å². The fraction of sp³-hybridized carbons (Fsp3) is 0.176. The Morgan fingerprint density at radius 1 is 1.12 bits per heavy atom. The Hall–Kier alpha value is -2.91. The number of anilines is 2. The number of primary sulfonamides is 1. The minimum Gasteiger partial charge on any atom is -0.460 e. The van der Waals surface area contributed by atoms with Gasteiger partial charge in [-0.05, 0) is 43.2 Å². The lowest BCUT2D eigenvalue weighted by molar-refractivity contribution is 0.546. The van der Waals surface area contributed by atoms with Gasteiger partial charge >= 0.3 is 0 Å². The summed E-state index contributed by atoms with van der Waals surface area (Å²) < 4.78 is 28.1. The van der Waals surface area contributed by atoms with E-state index in [4.69, 9.17) is 15.3 Å². The molecule has 136 valence electrons. The zero-order chi connectivity index (χ0) is 18.7. The predicted octanol–water partition coefficient (Wildman–Crippen LogP) is 1.93. The third-order valence-corrected chi connectivity index (χ3v) is 4.64. The molecule has 5 N–H and O–H groups in total. The number of hydrogen-bond acceptors (Lipinski definition) is 7. The van der Waals surface area contributed by atoms with Crippen molar-refractivity contribution in [3.05, 3.63) is 53.8 Å². The lowest BCUT2D eigenvalue weighted by atomic mass is 10.1. The molecule has 0 radical (unpaired) electrons. The number of nitrogens with zero attached hydrogens (tertiary/aromatic N) is 2. The maximum absolute atomic E-state index is 11.3. The minimum absolute atomic E-state index is 0.0937. The first-order valence-electron chi connectivity index (χ1n) is 7.88. The standard InChI is InChI=1S/C17H19N5O3S/c1-11-2-7-15(25-11)14-10-16(22-17(18)21-14)20-9-8-12-3-5-13(6-4-12)26(19,23)24/h2-7,10H,8-9H2,1H3,(H2,19,23,24)(H3,18,20,21,22). The van der Waals surface area contributed by atoms with Crippen LogP contribution in [0.5, 0.6) is 0 Å². The fourth-order valence-electron chi connectivity index (χ4n) is 2.44. The number of nitrogens with one attached hydrogen (secondary N) is 1. The molecule has 3 aromatic rings. The second-order valence-corrected chi connectivity index (χ2v) is 7.33. The molecule has 0 aliphatic heterocycles. The predicted molar refractivity (Wildman–Crippen MR) is 98.9 cm³/mol. The highest BCUT2D eigenvalue weighted by Crippen LogP contribution is 2.22. The van der Waals surface area contributed by atoms with Gasteiger partial charge in [-0.15, -0.1) is 0 Å². The summed E-state index contributed by atoms with van der Waals surface area (Å²) in [6.07, 6.45) is 0.671. The van der Waals surface area contributed by atoms with Gasteiger partial charge in [-0.25, -0.2) is 18.5 Å². The summed E-state index contributed by atoms with van der Waals surface area (Å²) in [5, 5.41) is 8.27. The first kappa shape index (κ1) is 17.9. The van der Waals surface area contributed by atoms with Crippen molar-refractivity contribution < 1.29 is 12.8 Å². The van der Waals surface area contributed by atoms with Crippen LogP contribution in [0.4, 0.5) is 11.8 Å². The SMILES string of the molecule is Cc1ccc(-c2cc(NCCc3ccc(S(N)(=O)=O)cc3)nc(N)n2)o1. The van der Waals surface area contributed by atoms with Gasteiger partial charge < -0.3 is 15.5 Å². The third kappa shape index (κ3) is 4.38. The largest absolute Gasteiger partial charge is 0.460 e. The number of nitrogens with two attached hydrogens (primary N) is 2. The van der Waals surface area contributed by atoms with Crippen molar-refractivity contribution in [2.45, 2.75) is 18.2 Å². The monoisotopic (exact) mass is 373 g/mol. The van der Waals surface area contributed by atoms with Crippen molar-refractivity contribution in [3.8, 4) is 11.5 Å². The van der Waals surface area contributed by atoms with E-state index in [1.807, 2.05) is 19.1 Å². The van der Waals surface area contributed by atoms with Crippen molar-refractivity contribution in [1.29, 1.82) is 0 Å². The highest BCUT2D eigenvalue weighted by Gasteiger charge is 2.09. The van der Waals surface area contributed by atoms with Gasteiger partial charge in [-0.3, -0.25) is 0 Å². The van der Waals surface area contributed by atoms with E-state index in [9.17, 15) is 8.42 Å². The van der Waals surface area contributed by atoms with Crippen LogP contribution in [0.2, 0.25) is 0 Å². The Kier molecular flexibility index (Phi) is 4.92. The van der Waals surface area contributed by atoms with Crippen LogP contribution in [0.1, 0.15) is 11.3 Å². The fourth-order valence-corrected chi connectivity index (χ4v) is 2.95. The molecular weight excluding hydrogens is 354 g/mol. The van der Waals surface area contributed by atoms with E-state index >= 15 is 0 Å². The van der Waals surface area contributed by atoms with Crippen LogP contribution >= 0.6 is 0 Å². The molecule has 0 saturated heterocycles. The molecule has 0 spiro atoms. The van der Waals surface area contributed by atoms with Gasteiger partial charge in [-0.2, -0.15) is 4.98 Å². The molecule has 0 bridgehead atoms. The zero-order valence-corrected chi connectivity index (χ0v) is 15.0. The average Bonchev–Trinajstić information content (AvgIpc) is 3.01. The summed E-state index contributed by atoms with van der Waals surface area (Å²) in [6, 6.07) is 11.9. The van der Waals surface area contributed by atoms with Crippen molar-refractivity contribution in [2.75, 3.05) is 17.6 Å². The molecule has 1 aromatic carbocycles. The zero-order valence-electron chi connectivity index (χ0n) is 14.1. The Balaban J connectivity index is 1.65. The summed E-state index contributed by atoms with van der Waals surface area (Å²) in [6.45, 7) is 2.44. The molecule has 0 atom stereocenters. The molecule has 0 fully saturated rings. The van der Waals surface area contributed by atoms with Crippen LogP contribution < -0.4 is 16.2 Å². The van der Waals surface area contributed by atoms with Crippen LogP contribution in [0.3, 0.4) is 0 Å². The van der Waals surface area contributed by atoms with E-state index < -0.39 is 10.0 Å². The first-order valence-corrected chi connectivity index (χ1v) is 9.43. The summed E-state index contributed by atoms with van der Waals surface area (Å²) in [5.74, 6) is 2.15. The molecule has 0 aliphatic rings. The number of aryl methyl sites for hydroxylation is 1. The highest BCUT2D eigenvalue weighted by atomic mass is 32.2. The number of rotatable bonds is 6. The number of benzene rings is 1. The van der Waals surface area contributed by atoms with Crippen LogP contribution in [0, 0.1) is 6.92 Å². The summed E-state index contributed by atoms with van der Waals surface area (Å²) in [4.78, 5) is 8.44. The van der Waals surface area contributed by atoms with E-state index in [1.165, 1.54) is 12.1 Å². The Labute approximate surface area is 151 Å². The molecule has 2 heterocycles. The lowest BCUT2D eigenvalue weighted by Gasteiger charge is -2.08. The molecule has 9 heteroatoms. The van der Waals surface area contributed by atoms with Crippen molar-refractivity contribution in [2.24, 2.45) is 5.14 Å². The molecule has 26 heavy (non-hydrogen) atoms. The van der Waals surface area contributed by atoms with Crippen molar-refractivity contribution in [3.63, 3.8) is 0 Å². The van der Waals surface area contributed by atoms with Gasteiger partial charge in [0.05, 0.1) is 4.90 Å². The van der Waals surface area contributed by atoms with Crippen LogP contribution in [-0.4, -0.2) is 24.9 Å². The molecular formula is C17H19N5O3S. The summed E-state index contributed by atoms with van der Waals surface area (Å²) >= 11 is 0. The second-order valence-electron chi connectivity index (χ2n) is 5.77. The quantitative estimate of drug-likeness (QED) is 0.600. The Bertz CT molecular complexity index is 1010. The van der Waals surface area contributed by atoms with E-state index in [0.717, 1.165) is 11.3 Å². The number of sulfonamides is 1. The normalized spacial score (nSPS) is 11.5. The molecule has 8 nitrogen and oxygen atoms in total. The van der Waals surface area contributed by atoms with Gasteiger partial charge in [0.2, 0.25) is 16.0 Å². The van der Waals surface area contributed by atoms with Crippen molar-refractivity contribution >= 4 is 21.8 Å². The maximum Gasteiger partial charge on any atom is 0.238 e. The van der Waals surface area contributed by atoms with Crippen LogP contribution in [0.25, 0.3) is 11.5 Å². The maximum atomic E-state index is 11.3. The third-order valence-electron chi connectivity index (χ3n) is 3.71.